The molecule has 0 aliphatic rings. The molecule has 100 valence electrons. The first kappa shape index (κ1) is 14.5. The van der Waals surface area contributed by atoms with Crippen molar-refractivity contribution in [2.24, 2.45) is 0 Å². The van der Waals surface area contributed by atoms with Crippen molar-refractivity contribution >= 4 is 11.7 Å². The number of hydrogen-bond donors (Lipinski definition) is 3. The zero-order valence-corrected chi connectivity index (χ0v) is 10.8. The third-order valence-electron chi connectivity index (χ3n) is 2.17. The number of anilines is 1. The number of rotatable bonds is 6. The van der Waals surface area contributed by atoms with E-state index in [1.807, 2.05) is 32.0 Å². The first-order valence-corrected chi connectivity index (χ1v) is 5.98. The number of aliphatic hydroxyl groups excluding tert-OH is 1. The van der Waals surface area contributed by atoms with Crippen molar-refractivity contribution in [3.8, 4) is 0 Å². The lowest BCUT2D eigenvalue weighted by molar-refractivity contribution is 0.0657. The minimum atomic E-state index is -0.328. The van der Waals surface area contributed by atoms with Crippen molar-refractivity contribution in [2.75, 3.05) is 18.5 Å². The third kappa shape index (κ3) is 5.65. The van der Waals surface area contributed by atoms with Gasteiger partial charge in [0.25, 0.3) is 0 Å². The Kier molecular flexibility index (Phi) is 6.18. The van der Waals surface area contributed by atoms with Gasteiger partial charge in [0.2, 0.25) is 0 Å². The summed E-state index contributed by atoms with van der Waals surface area (Å²) in [5.41, 5.74) is 1.71. The standard InChI is InChI=1S/C13H20N2O3/c1-10(2)18-9-11-4-3-5-12(8-11)15-13(17)14-6-7-16/h3-5,8,10,16H,6-7,9H2,1-2H3,(H2,14,15,17). The molecule has 0 saturated heterocycles. The molecule has 0 bridgehead atoms. The molecule has 1 aromatic rings. The number of nitrogens with one attached hydrogen (secondary N) is 2. The smallest absolute Gasteiger partial charge is 0.319 e. The minimum Gasteiger partial charge on any atom is -0.395 e. The molecule has 18 heavy (non-hydrogen) atoms. The number of ether oxygens (including phenoxy) is 1. The molecule has 5 nitrogen and oxygen atoms in total. The number of carbonyl (C=O) groups is 1. The summed E-state index contributed by atoms with van der Waals surface area (Å²) in [4.78, 5) is 11.4. The van der Waals surface area contributed by atoms with Crippen LogP contribution in [0.25, 0.3) is 0 Å². The Balaban J connectivity index is 2.51. The first-order chi connectivity index (χ1) is 8.61. The minimum absolute atomic E-state index is 0.0737. The van der Waals surface area contributed by atoms with Gasteiger partial charge < -0.3 is 20.5 Å². The van der Waals surface area contributed by atoms with Crippen LogP contribution in [-0.2, 0) is 11.3 Å². The number of aliphatic hydroxyl groups is 1. The summed E-state index contributed by atoms with van der Waals surface area (Å²) in [5.74, 6) is 0. The largest absolute Gasteiger partial charge is 0.395 e. The van der Waals surface area contributed by atoms with Gasteiger partial charge in [-0.25, -0.2) is 4.79 Å². The van der Waals surface area contributed by atoms with Crippen LogP contribution in [0.1, 0.15) is 19.4 Å². The van der Waals surface area contributed by atoms with E-state index in [-0.39, 0.29) is 25.3 Å². The summed E-state index contributed by atoms with van der Waals surface area (Å²) < 4.78 is 5.49. The molecule has 0 aliphatic carbocycles. The maximum absolute atomic E-state index is 11.4. The Morgan fingerprint density at radius 3 is 2.89 bits per heavy atom. The third-order valence-corrected chi connectivity index (χ3v) is 2.17. The number of urea groups is 1. The van der Waals surface area contributed by atoms with Crippen LogP contribution < -0.4 is 10.6 Å². The Morgan fingerprint density at radius 1 is 1.44 bits per heavy atom. The van der Waals surface area contributed by atoms with Gasteiger partial charge >= 0.3 is 6.03 Å². The Hall–Kier alpha value is -1.59. The zero-order valence-electron chi connectivity index (χ0n) is 10.8. The van der Waals surface area contributed by atoms with Gasteiger partial charge in [-0.3, -0.25) is 0 Å². The van der Waals surface area contributed by atoms with Gasteiger partial charge in [0.1, 0.15) is 0 Å². The molecular weight excluding hydrogens is 232 g/mol. The Labute approximate surface area is 107 Å². The molecule has 0 atom stereocenters. The molecule has 0 spiro atoms. The summed E-state index contributed by atoms with van der Waals surface area (Å²) in [7, 11) is 0. The van der Waals surface area contributed by atoms with E-state index in [1.165, 1.54) is 0 Å². The fourth-order valence-corrected chi connectivity index (χ4v) is 1.35. The normalized spacial score (nSPS) is 10.4. The van der Waals surface area contributed by atoms with Crippen molar-refractivity contribution in [1.82, 2.24) is 5.32 Å². The van der Waals surface area contributed by atoms with Crippen LogP contribution in [0.5, 0.6) is 0 Å². The number of hydrogen-bond acceptors (Lipinski definition) is 3. The average Bonchev–Trinajstić information content (AvgIpc) is 2.34. The van der Waals surface area contributed by atoms with Gasteiger partial charge in [-0.2, -0.15) is 0 Å². The van der Waals surface area contributed by atoms with Crippen molar-refractivity contribution in [3.05, 3.63) is 29.8 Å². The van der Waals surface area contributed by atoms with Gasteiger partial charge in [0.15, 0.2) is 0 Å². The van der Waals surface area contributed by atoms with Crippen LogP contribution in [0, 0.1) is 0 Å². The van der Waals surface area contributed by atoms with E-state index in [0.717, 1.165) is 5.56 Å². The zero-order chi connectivity index (χ0) is 13.4. The molecule has 1 aromatic carbocycles. The lowest BCUT2D eigenvalue weighted by atomic mass is 10.2. The fourth-order valence-electron chi connectivity index (χ4n) is 1.35. The molecule has 0 radical (unpaired) electrons. The fraction of sp³-hybridized carbons (Fsp3) is 0.462. The van der Waals surface area contributed by atoms with Gasteiger partial charge in [-0.05, 0) is 31.5 Å². The van der Waals surface area contributed by atoms with E-state index >= 15 is 0 Å². The topological polar surface area (TPSA) is 70.6 Å². The molecule has 0 aliphatic heterocycles. The first-order valence-electron chi connectivity index (χ1n) is 5.98. The summed E-state index contributed by atoms with van der Waals surface area (Å²) >= 11 is 0. The average molecular weight is 252 g/mol. The van der Waals surface area contributed by atoms with Crippen LogP contribution >= 0.6 is 0 Å². The highest BCUT2D eigenvalue weighted by Crippen LogP contribution is 2.12. The molecule has 1 rings (SSSR count). The van der Waals surface area contributed by atoms with E-state index in [0.29, 0.717) is 12.3 Å². The number of amides is 2. The van der Waals surface area contributed by atoms with Gasteiger partial charge in [0, 0.05) is 12.2 Å². The van der Waals surface area contributed by atoms with Crippen molar-refractivity contribution in [1.29, 1.82) is 0 Å². The second kappa shape index (κ2) is 7.68. The Bertz CT molecular complexity index is 380. The van der Waals surface area contributed by atoms with E-state index in [1.54, 1.807) is 6.07 Å². The molecule has 0 fully saturated rings. The quantitative estimate of drug-likeness (QED) is 0.722. The van der Waals surface area contributed by atoms with Crippen LogP contribution in [0.3, 0.4) is 0 Å². The highest BCUT2D eigenvalue weighted by Gasteiger charge is 2.02. The summed E-state index contributed by atoms with van der Waals surface area (Å²) in [6.45, 7) is 4.64. The van der Waals surface area contributed by atoms with E-state index in [9.17, 15) is 4.79 Å². The summed E-state index contributed by atoms with van der Waals surface area (Å²) in [6.07, 6.45) is 0.175. The van der Waals surface area contributed by atoms with Crippen LogP contribution in [0.4, 0.5) is 10.5 Å². The summed E-state index contributed by atoms with van der Waals surface area (Å²) in [5, 5.41) is 13.8. The summed E-state index contributed by atoms with van der Waals surface area (Å²) in [6, 6.07) is 7.14. The monoisotopic (exact) mass is 252 g/mol. The maximum atomic E-state index is 11.4. The van der Waals surface area contributed by atoms with E-state index in [2.05, 4.69) is 10.6 Å². The molecule has 3 N–H and O–H groups in total. The molecule has 0 saturated carbocycles. The van der Waals surface area contributed by atoms with E-state index < -0.39 is 0 Å². The predicted molar refractivity (Wildman–Crippen MR) is 70.5 cm³/mol. The van der Waals surface area contributed by atoms with Crippen molar-refractivity contribution in [3.63, 3.8) is 0 Å². The second-order valence-corrected chi connectivity index (χ2v) is 4.16. The van der Waals surface area contributed by atoms with Crippen LogP contribution in [0.15, 0.2) is 24.3 Å². The lowest BCUT2D eigenvalue weighted by Crippen LogP contribution is -2.30. The highest BCUT2D eigenvalue weighted by atomic mass is 16.5. The SMILES string of the molecule is CC(C)OCc1cccc(NC(=O)NCCO)c1. The number of benzene rings is 1. The van der Waals surface area contributed by atoms with E-state index in [4.69, 9.17) is 9.84 Å². The van der Waals surface area contributed by atoms with Crippen LogP contribution in [-0.4, -0.2) is 30.4 Å². The van der Waals surface area contributed by atoms with Crippen LogP contribution in [0.2, 0.25) is 0 Å². The maximum Gasteiger partial charge on any atom is 0.319 e. The number of carbonyl (C=O) groups excluding carboxylic acids is 1. The molecule has 0 unspecified atom stereocenters. The lowest BCUT2D eigenvalue weighted by Gasteiger charge is -2.10. The second-order valence-electron chi connectivity index (χ2n) is 4.16. The Morgan fingerprint density at radius 2 is 2.22 bits per heavy atom. The molecule has 0 aromatic heterocycles. The van der Waals surface area contributed by atoms with Crippen molar-refractivity contribution < 1.29 is 14.6 Å². The molecule has 2 amide bonds. The molecule has 5 heteroatoms. The van der Waals surface area contributed by atoms with Gasteiger partial charge in [0.05, 0.1) is 19.3 Å². The highest BCUT2D eigenvalue weighted by molar-refractivity contribution is 5.89. The molecular formula is C13H20N2O3. The van der Waals surface area contributed by atoms with Gasteiger partial charge in [-0.15, -0.1) is 0 Å². The molecule has 0 heterocycles. The van der Waals surface area contributed by atoms with Crippen molar-refractivity contribution in [2.45, 2.75) is 26.6 Å². The van der Waals surface area contributed by atoms with Gasteiger partial charge in [-0.1, -0.05) is 12.1 Å². The predicted octanol–water partition coefficient (Wildman–Crippen LogP) is 1.73.